The zero-order chi connectivity index (χ0) is 38.2. The summed E-state index contributed by atoms with van der Waals surface area (Å²) in [5, 5.41) is 10.0. The van der Waals surface area contributed by atoms with Gasteiger partial charge in [-0.2, -0.15) is 17.2 Å². The van der Waals surface area contributed by atoms with Gasteiger partial charge in [-0.1, -0.05) is 71.2 Å². The van der Waals surface area contributed by atoms with Gasteiger partial charge in [-0.25, -0.2) is 4.98 Å². The molecular formula is C50H38N4OPtS. The number of thiophene rings is 1. The van der Waals surface area contributed by atoms with Crippen LogP contribution < -0.4 is 4.74 Å². The number of rotatable bonds is 6. The van der Waals surface area contributed by atoms with Crippen LogP contribution in [-0.4, -0.2) is 19.3 Å². The second kappa shape index (κ2) is 14.3. The number of nitrogens with zero attached hydrogens (tertiary/aromatic N) is 4. The van der Waals surface area contributed by atoms with Gasteiger partial charge in [0.1, 0.15) is 11.5 Å². The number of hydrogen-bond acceptors (Lipinski definition) is 4. The van der Waals surface area contributed by atoms with E-state index < -0.39 is 0 Å². The summed E-state index contributed by atoms with van der Waals surface area (Å²) >= 11 is 1.82. The van der Waals surface area contributed by atoms with Gasteiger partial charge in [0.05, 0.1) is 5.52 Å². The predicted molar refractivity (Wildman–Crippen MR) is 232 cm³/mol. The molecule has 6 aromatic carbocycles. The van der Waals surface area contributed by atoms with Crippen molar-refractivity contribution in [1.29, 1.82) is 0 Å². The van der Waals surface area contributed by atoms with Crippen LogP contribution in [0.2, 0.25) is 0 Å². The van der Waals surface area contributed by atoms with Crippen LogP contribution in [0.1, 0.15) is 33.4 Å². The molecule has 0 spiro atoms. The van der Waals surface area contributed by atoms with Crippen molar-refractivity contribution in [2.45, 2.75) is 41.5 Å². The maximum atomic E-state index is 6.60. The van der Waals surface area contributed by atoms with Crippen molar-refractivity contribution >= 4 is 53.3 Å². The quantitative estimate of drug-likeness (QED) is 0.156. The third-order valence-corrected chi connectivity index (χ3v) is 12.0. The first-order chi connectivity index (χ1) is 27.2. The molecule has 0 saturated carbocycles. The zero-order valence-corrected chi connectivity index (χ0v) is 35.6. The number of aromatic nitrogens is 4. The van der Waals surface area contributed by atoms with Crippen LogP contribution >= 0.6 is 11.3 Å². The van der Waals surface area contributed by atoms with E-state index in [1.165, 1.54) is 59.1 Å². The summed E-state index contributed by atoms with van der Waals surface area (Å²) in [4.78, 5) is 4.82. The normalized spacial score (nSPS) is 11.5. The molecule has 4 aromatic heterocycles. The predicted octanol–water partition coefficient (Wildman–Crippen LogP) is 13.3. The molecule has 0 N–H and O–H groups in total. The Morgan fingerprint density at radius 3 is 2.04 bits per heavy atom. The van der Waals surface area contributed by atoms with Crippen molar-refractivity contribution in [3.8, 4) is 45.4 Å². The molecule has 7 heteroatoms. The molecular weight excluding hydrogens is 900 g/mol. The van der Waals surface area contributed by atoms with E-state index in [1.807, 2.05) is 58.6 Å². The van der Waals surface area contributed by atoms with Crippen LogP contribution in [0.5, 0.6) is 11.5 Å². The van der Waals surface area contributed by atoms with E-state index >= 15 is 0 Å². The first kappa shape index (κ1) is 36.8. The van der Waals surface area contributed by atoms with Crippen molar-refractivity contribution in [1.82, 2.24) is 19.3 Å². The van der Waals surface area contributed by atoms with Crippen LogP contribution in [0.15, 0.2) is 122 Å². The molecule has 0 amide bonds. The summed E-state index contributed by atoms with van der Waals surface area (Å²) < 4.78 is 13.3. The second-order valence-corrected chi connectivity index (χ2v) is 16.0. The fraction of sp³-hybridized carbons (Fsp3) is 0.120. The third kappa shape index (κ3) is 6.19. The van der Waals surface area contributed by atoms with Crippen LogP contribution in [0.3, 0.4) is 0 Å². The Hall–Kier alpha value is -5.81. The Morgan fingerprint density at radius 2 is 1.30 bits per heavy atom. The van der Waals surface area contributed by atoms with Gasteiger partial charge >= 0.3 is 21.1 Å². The Bertz CT molecular complexity index is 3070. The molecule has 0 bridgehead atoms. The van der Waals surface area contributed by atoms with Crippen LogP contribution in [0, 0.1) is 53.7 Å². The Balaban J connectivity index is 0.00000422. The smallest absolute Gasteiger partial charge is 0.509 e. The van der Waals surface area contributed by atoms with E-state index in [2.05, 4.69) is 137 Å². The molecule has 0 fully saturated rings. The van der Waals surface area contributed by atoms with Crippen molar-refractivity contribution in [2.24, 2.45) is 0 Å². The number of hydrogen-bond donors (Lipinski definition) is 0. The summed E-state index contributed by atoms with van der Waals surface area (Å²) in [6.45, 7) is 13.0. The summed E-state index contributed by atoms with van der Waals surface area (Å²) in [5.74, 6) is 2.01. The molecule has 0 atom stereocenters. The SMILES string of the molecule is Cc1cc(C)c(-c2cn(-c3[c-]c(Oc4[c-]c5c(cc4)c4ccc6sc7ccccc7c6c4n5-c4ccccn4)ccc3)nc2-c2c(C)cc(C)cc2C)c(C)c1.[Pt+2]. The molecule has 0 aliphatic carbocycles. The Labute approximate surface area is 350 Å². The molecule has 5 nitrogen and oxygen atoms in total. The van der Waals surface area contributed by atoms with Gasteiger partial charge in [0.2, 0.25) is 0 Å². The summed E-state index contributed by atoms with van der Waals surface area (Å²) in [6, 6.07) is 45.4. The average Bonchev–Trinajstić information content (AvgIpc) is 3.86. The van der Waals surface area contributed by atoms with Gasteiger partial charge < -0.3 is 9.30 Å². The number of fused-ring (bicyclic) bond motifs is 7. The van der Waals surface area contributed by atoms with E-state index in [4.69, 9.17) is 14.8 Å². The molecule has 57 heavy (non-hydrogen) atoms. The van der Waals surface area contributed by atoms with Crippen LogP contribution in [0.25, 0.3) is 75.9 Å². The summed E-state index contributed by atoms with van der Waals surface area (Å²) in [7, 11) is 0. The third-order valence-electron chi connectivity index (χ3n) is 10.8. The second-order valence-electron chi connectivity index (χ2n) is 14.9. The number of pyridine rings is 1. The minimum absolute atomic E-state index is 0. The fourth-order valence-corrected chi connectivity index (χ4v) is 9.87. The number of benzene rings is 6. The molecule has 0 aliphatic rings. The Morgan fingerprint density at radius 1 is 0.614 bits per heavy atom. The minimum Gasteiger partial charge on any atom is -0.509 e. The molecule has 0 aliphatic heterocycles. The summed E-state index contributed by atoms with van der Waals surface area (Å²) in [6.07, 6.45) is 3.99. The molecule has 0 saturated heterocycles. The first-order valence-electron chi connectivity index (χ1n) is 18.9. The van der Waals surface area contributed by atoms with Gasteiger partial charge in [-0.05, 0) is 105 Å². The first-order valence-corrected chi connectivity index (χ1v) is 19.7. The van der Waals surface area contributed by atoms with E-state index in [-0.39, 0.29) is 21.1 Å². The standard InChI is InChI=1S/C50H38N4OS.Pt/c1-29-22-31(3)46(32(4)23-29)41-28-53(52-49(41)47-33(5)24-30(2)25-34(47)6)35-12-11-13-36(26-35)55-37-17-18-38-39-19-20-44-48(40-14-7-8-15-43(40)56-44)50(39)54(42(38)27-37)45-16-9-10-21-51-45;/h7-25,28H,1-6H3;/q-2;+2. The van der Waals surface area contributed by atoms with E-state index in [0.29, 0.717) is 11.5 Å². The monoisotopic (exact) mass is 937 g/mol. The van der Waals surface area contributed by atoms with E-state index in [9.17, 15) is 0 Å². The topological polar surface area (TPSA) is 44.9 Å². The minimum atomic E-state index is 0. The molecule has 0 radical (unpaired) electrons. The van der Waals surface area contributed by atoms with Crippen molar-refractivity contribution in [3.05, 3.63) is 167 Å². The molecule has 10 rings (SSSR count). The van der Waals surface area contributed by atoms with Gasteiger partial charge in [-0.3, -0.25) is 4.68 Å². The van der Waals surface area contributed by atoms with Crippen molar-refractivity contribution < 1.29 is 25.8 Å². The molecule has 10 aromatic rings. The fourth-order valence-electron chi connectivity index (χ4n) is 8.76. The van der Waals surface area contributed by atoms with Crippen LogP contribution in [0.4, 0.5) is 0 Å². The number of aryl methyl sites for hydroxylation is 6. The average molecular weight is 938 g/mol. The van der Waals surface area contributed by atoms with Gasteiger partial charge in [0, 0.05) is 55.2 Å². The Kier molecular flexibility index (Phi) is 9.23. The maximum absolute atomic E-state index is 6.60. The van der Waals surface area contributed by atoms with Crippen molar-refractivity contribution in [2.75, 3.05) is 0 Å². The molecule has 4 heterocycles. The zero-order valence-electron chi connectivity index (χ0n) is 32.5. The summed E-state index contributed by atoms with van der Waals surface area (Å²) in [5.41, 5.74) is 14.6. The van der Waals surface area contributed by atoms with E-state index in [1.54, 1.807) is 0 Å². The maximum Gasteiger partial charge on any atom is 2.00 e. The van der Waals surface area contributed by atoms with Crippen molar-refractivity contribution in [3.63, 3.8) is 0 Å². The van der Waals surface area contributed by atoms with E-state index in [0.717, 1.165) is 50.1 Å². The van der Waals surface area contributed by atoms with Gasteiger partial charge in [0.25, 0.3) is 0 Å². The van der Waals surface area contributed by atoms with Gasteiger partial charge in [-0.15, -0.1) is 47.1 Å². The largest absolute Gasteiger partial charge is 2.00 e. The van der Waals surface area contributed by atoms with Gasteiger partial charge in [0.15, 0.2) is 0 Å². The van der Waals surface area contributed by atoms with Crippen LogP contribution in [-0.2, 0) is 21.1 Å². The molecule has 0 unspecified atom stereocenters. The number of ether oxygens (including phenoxy) is 1. The molecule has 280 valence electrons.